The number of aromatic nitrogens is 1. The Kier molecular flexibility index (Phi) is 4.16. The van der Waals surface area contributed by atoms with Crippen LogP contribution in [0.25, 0.3) is 0 Å². The van der Waals surface area contributed by atoms with Gasteiger partial charge in [0.1, 0.15) is 5.75 Å². The predicted molar refractivity (Wildman–Crippen MR) is 76.5 cm³/mol. The molecule has 19 heavy (non-hydrogen) atoms. The van der Waals surface area contributed by atoms with Gasteiger partial charge in [0.2, 0.25) is 0 Å². The standard InChI is InChI=1S/C14H16N2O2S/c1-10-6-13(18-2)8-12(16-10)9-19(17)14-5-3-4-11(15)7-14/h3-8H,9,15H2,1-2H3. The van der Waals surface area contributed by atoms with Crippen molar-refractivity contribution in [2.45, 2.75) is 17.6 Å². The number of nitrogens with two attached hydrogens (primary N) is 1. The fourth-order valence-electron chi connectivity index (χ4n) is 1.77. The van der Waals surface area contributed by atoms with Crippen LogP contribution in [0.3, 0.4) is 0 Å². The summed E-state index contributed by atoms with van der Waals surface area (Å²) >= 11 is 0. The van der Waals surface area contributed by atoms with Gasteiger partial charge >= 0.3 is 0 Å². The molecule has 2 N–H and O–H groups in total. The Bertz CT molecular complexity index is 614. The minimum Gasteiger partial charge on any atom is -0.497 e. The fourth-order valence-corrected chi connectivity index (χ4v) is 2.85. The predicted octanol–water partition coefficient (Wildman–Crippen LogP) is 2.29. The lowest BCUT2D eigenvalue weighted by molar-refractivity contribution is 0.413. The Morgan fingerprint density at radius 2 is 2.11 bits per heavy atom. The van der Waals surface area contributed by atoms with Crippen molar-refractivity contribution in [1.29, 1.82) is 0 Å². The average molecular weight is 276 g/mol. The summed E-state index contributed by atoms with van der Waals surface area (Å²) in [5.74, 6) is 1.08. The number of ether oxygens (including phenoxy) is 1. The van der Waals surface area contributed by atoms with Crippen LogP contribution in [0.1, 0.15) is 11.4 Å². The molecule has 0 radical (unpaired) electrons. The third kappa shape index (κ3) is 3.54. The summed E-state index contributed by atoms with van der Waals surface area (Å²) in [5, 5.41) is 0. The molecule has 100 valence electrons. The lowest BCUT2D eigenvalue weighted by Gasteiger charge is -2.06. The van der Waals surface area contributed by atoms with Crippen LogP contribution in [-0.4, -0.2) is 16.3 Å². The van der Waals surface area contributed by atoms with Crippen LogP contribution in [0.4, 0.5) is 5.69 Å². The highest BCUT2D eigenvalue weighted by Gasteiger charge is 2.08. The molecule has 1 atom stereocenters. The van der Waals surface area contributed by atoms with E-state index in [0.29, 0.717) is 16.3 Å². The first-order valence-corrected chi connectivity index (χ1v) is 7.16. The van der Waals surface area contributed by atoms with E-state index in [1.807, 2.05) is 13.0 Å². The molecule has 1 unspecified atom stereocenters. The maximum atomic E-state index is 12.3. The molecule has 1 aromatic heterocycles. The van der Waals surface area contributed by atoms with Gasteiger partial charge < -0.3 is 10.5 Å². The van der Waals surface area contributed by atoms with Crippen LogP contribution < -0.4 is 10.5 Å². The SMILES string of the molecule is COc1cc(C)nc(CS(=O)c2cccc(N)c2)c1. The van der Waals surface area contributed by atoms with Gasteiger partial charge in [-0.3, -0.25) is 9.19 Å². The minimum atomic E-state index is -1.16. The second-order valence-electron chi connectivity index (χ2n) is 4.20. The highest BCUT2D eigenvalue weighted by molar-refractivity contribution is 7.84. The van der Waals surface area contributed by atoms with Crippen LogP contribution in [0, 0.1) is 6.92 Å². The van der Waals surface area contributed by atoms with Gasteiger partial charge in [-0.1, -0.05) is 6.07 Å². The molecule has 0 spiro atoms. The Morgan fingerprint density at radius 3 is 2.79 bits per heavy atom. The van der Waals surface area contributed by atoms with Crippen LogP contribution in [0.2, 0.25) is 0 Å². The lowest BCUT2D eigenvalue weighted by atomic mass is 10.3. The quantitative estimate of drug-likeness (QED) is 0.870. The van der Waals surface area contributed by atoms with Crippen molar-refractivity contribution < 1.29 is 8.95 Å². The van der Waals surface area contributed by atoms with E-state index in [9.17, 15) is 4.21 Å². The molecule has 0 aliphatic heterocycles. The summed E-state index contributed by atoms with van der Waals surface area (Å²) in [5.41, 5.74) is 7.90. The van der Waals surface area contributed by atoms with E-state index in [0.717, 1.165) is 17.1 Å². The monoisotopic (exact) mass is 276 g/mol. The molecule has 4 nitrogen and oxygen atoms in total. The van der Waals surface area contributed by atoms with Crippen LogP contribution in [-0.2, 0) is 16.6 Å². The molecule has 0 amide bonds. The molecular formula is C14H16N2O2S. The van der Waals surface area contributed by atoms with Gasteiger partial charge in [0, 0.05) is 28.4 Å². The van der Waals surface area contributed by atoms with Crippen molar-refractivity contribution in [3.63, 3.8) is 0 Å². The van der Waals surface area contributed by atoms with Gasteiger partial charge in [-0.25, -0.2) is 0 Å². The summed E-state index contributed by atoms with van der Waals surface area (Å²) in [7, 11) is 0.443. The zero-order chi connectivity index (χ0) is 13.8. The van der Waals surface area contributed by atoms with Crippen molar-refractivity contribution in [3.8, 4) is 5.75 Å². The van der Waals surface area contributed by atoms with E-state index in [4.69, 9.17) is 10.5 Å². The third-order valence-electron chi connectivity index (χ3n) is 2.62. The highest BCUT2D eigenvalue weighted by Crippen LogP contribution is 2.18. The number of anilines is 1. The molecular weight excluding hydrogens is 260 g/mol. The van der Waals surface area contributed by atoms with Gasteiger partial charge in [-0.05, 0) is 25.1 Å². The van der Waals surface area contributed by atoms with Crippen molar-refractivity contribution in [2.75, 3.05) is 12.8 Å². The van der Waals surface area contributed by atoms with Crippen LogP contribution >= 0.6 is 0 Å². The van der Waals surface area contributed by atoms with E-state index in [2.05, 4.69) is 4.98 Å². The van der Waals surface area contributed by atoms with E-state index in [1.54, 1.807) is 37.4 Å². The molecule has 1 heterocycles. The van der Waals surface area contributed by atoms with Gasteiger partial charge in [-0.2, -0.15) is 0 Å². The summed E-state index contributed by atoms with van der Waals surface area (Å²) < 4.78 is 17.4. The molecule has 2 rings (SSSR count). The summed E-state index contributed by atoms with van der Waals surface area (Å²) in [6, 6.07) is 10.7. The van der Waals surface area contributed by atoms with E-state index >= 15 is 0 Å². The zero-order valence-electron chi connectivity index (χ0n) is 10.9. The third-order valence-corrected chi connectivity index (χ3v) is 3.95. The number of nitrogens with zero attached hydrogens (tertiary/aromatic N) is 1. The first-order chi connectivity index (χ1) is 9.08. The summed E-state index contributed by atoms with van der Waals surface area (Å²) in [6.45, 7) is 1.88. The molecule has 0 saturated heterocycles. The number of hydrogen-bond acceptors (Lipinski definition) is 4. The molecule has 1 aromatic carbocycles. The highest BCUT2D eigenvalue weighted by atomic mass is 32.2. The molecule has 2 aromatic rings. The number of hydrogen-bond donors (Lipinski definition) is 1. The first kappa shape index (κ1) is 13.5. The minimum absolute atomic E-state index is 0.349. The smallest absolute Gasteiger partial charge is 0.122 e. The molecule has 0 aliphatic carbocycles. The number of methoxy groups -OCH3 is 1. The van der Waals surface area contributed by atoms with Crippen molar-refractivity contribution >= 4 is 16.5 Å². The summed E-state index contributed by atoms with van der Waals surface area (Å²) in [4.78, 5) is 5.08. The second kappa shape index (κ2) is 5.84. The maximum Gasteiger partial charge on any atom is 0.122 e. The second-order valence-corrected chi connectivity index (χ2v) is 5.65. The number of benzene rings is 1. The molecule has 5 heteroatoms. The van der Waals surface area contributed by atoms with Crippen LogP contribution in [0.15, 0.2) is 41.3 Å². The number of aryl methyl sites for hydroxylation is 1. The number of nitrogen functional groups attached to an aromatic ring is 1. The van der Waals surface area contributed by atoms with Gasteiger partial charge in [0.25, 0.3) is 0 Å². The average Bonchev–Trinajstić information content (AvgIpc) is 2.38. The Labute approximate surface area is 115 Å². The van der Waals surface area contributed by atoms with Crippen molar-refractivity contribution in [3.05, 3.63) is 47.8 Å². The maximum absolute atomic E-state index is 12.3. The van der Waals surface area contributed by atoms with E-state index in [-0.39, 0.29) is 0 Å². The topological polar surface area (TPSA) is 65.2 Å². The molecule has 0 aliphatic rings. The fraction of sp³-hybridized carbons (Fsp3) is 0.214. The van der Waals surface area contributed by atoms with E-state index < -0.39 is 10.8 Å². The number of pyridine rings is 1. The Morgan fingerprint density at radius 1 is 1.32 bits per heavy atom. The van der Waals surface area contributed by atoms with Gasteiger partial charge in [0.05, 0.1) is 29.4 Å². The van der Waals surface area contributed by atoms with Gasteiger partial charge in [0.15, 0.2) is 0 Å². The van der Waals surface area contributed by atoms with Crippen LogP contribution in [0.5, 0.6) is 5.75 Å². The van der Waals surface area contributed by atoms with E-state index in [1.165, 1.54) is 0 Å². The Balaban J connectivity index is 2.21. The van der Waals surface area contributed by atoms with Gasteiger partial charge in [-0.15, -0.1) is 0 Å². The molecule has 0 fully saturated rings. The Hall–Kier alpha value is -1.88. The lowest BCUT2D eigenvalue weighted by Crippen LogP contribution is -2.01. The summed E-state index contributed by atoms with van der Waals surface area (Å²) in [6.07, 6.45) is 0. The zero-order valence-corrected chi connectivity index (χ0v) is 11.7. The van der Waals surface area contributed by atoms with Crippen molar-refractivity contribution in [1.82, 2.24) is 4.98 Å². The van der Waals surface area contributed by atoms with Crippen molar-refractivity contribution in [2.24, 2.45) is 0 Å². The first-order valence-electron chi connectivity index (χ1n) is 5.84. The number of rotatable bonds is 4. The largest absolute Gasteiger partial charge is 0.497 e. The normalized spacial score (nSPS) is 12.1. The molecule has 0 bridgehead atoms. The molecule has 0 saturated carbocycles.